The summed E-state index contributed by atoms with van der Waals surface area (Å²) in [5.74, 6) is 3.42. The second-order valence-corrected chi connectivity index (χ2v) is 7.55. The number of hydrogen-bond donors (Lipinski definition) is 1. The van der Waals surface area contributed by atoms with Crippen LogP contribution in [0, 0.1) is 0 Å². The maximum atomic E-state index is 11.9. The molecule has 25 heavy (non-hydrogen) atoms. The lowest BCUT2D eigenvalue weighted by atomic mass is 10.2. The van der Waals surface area contributed by atoms with E-state index in [1.54, 1.807) is 25.4 Å². The molecule has 9 heteroatoms. The number of thioether (sulfide) groups is 1. The second kappa shape index (κ2) is 6.68. The maximum Gasteiger partial charge on any atom is 0.266 e. The summed E-state index contributed by atoms with van der Waals surface area (Å²) in [5.41, 5.74) is 1.37. The number of rotatable bonds is 3. The van der Waals surface area contributed by atoms with Crippen LogP contribution in [0.3, 0.4) is 0 Å². The summed E-state index contributed by atoms with van der Waals surface area (Å²) in [7, 11) is 1.69. The van der Waals surface area contributed by atoms with Crippen LogP contribution in [0.5, 0.6) is 0 Å². The summed E-state index contributed by atoms with van der Waals surface area (Å²) in [5, 5.41) is 8.19. The molecule has 7 nitrogen and oxygen atoms in total. The van der Waals surface area contributed by atoms with Crippen LogP contribution in [0.15, 0.2) is 29.2 Å². The highest BCUT2D eigenvalue weighted by Gasteiger charge is 2.24. The standard InChI is InChI=1S/C16H17ClN6OS/c1-22-14(24)8-12(20-22)16-19-15(10-4-5-18-13(17)7-10)21-23(16)11-3-2-6-25-9-11/h4-5,7-8,11,20H,2-3,6,9H2,1H3. The van der Waals surface area contributed by atoms with Gasteiger partial charge in [0.15, 0.2) is 11.6 Å². The fraction of sp³-hybridized carbons (Fsp3) is 0.375. The molecule has 0 radical (unpaired) electrons. The average molecular weight is 377 g/mol. The molecule has 1 aliphatic heterocycles. The number of aryl methyl sites for hydroxylation is 1. The van der Waals surface area contributed by atoms with Crippen molar-refractivity contribution in [2.75, 3.05) is 11.5 Å². The third kappa shape index (κ3) is 3.23. The van der Waals surface area contributed by atoms with Gasteiger partial charge in [0.2, 0.25) is 0 Å². The Morgan fingerprint density at radius 1 is 1.40 bits per heavy atom. The van der Waals surface area contributed by atoms with Crippen LogP contribution in [-0.2, 0) is 7.05 Å². The molecule has 1 N–H and O–H groups in total. The number of nitrogens with one attached hydrogen (secondary N) is 1. The minimum absolute atomic E-state index is 0.101. The maximum absolute atomic E-state index is 11.9. The van der Waals surface area contributed by atoms with E-state index in [2.05, 4.69) is 10.1 Å². The molecule has 1 unspecified atom stereocenters. The van der Waals surface area contributed by atoms with E-state index < -0.39 is 0 Å². The van der Waals surface area contributed by atoms with Crippen molar-refractivity contribution in [1.82, 2.24) is 29.5 Å². The fourth-order valence-corrected chi connectivity index (χ4v) is 4.24. The van der Waals surface area contributed by atoms with E-state index in [9.17, 15) is 4.79 Å². The monoisotopic (exact) mass is 376 g/mol. The van der Waals surface area contributed by atoms with E-state index >= 15 is 0 Å². The number of H-pyrrole nitrogens is 1. The predicted molar refractivity (Wildman–Crippen MR) is 98.9 cm³/mol. The molecule has 3 aromatic rings. The molecular formula is C16H17ClN6OS. The van der Waals surface area contributed by atoms with Gasteiger partial charge in [-0.15, -0.1) is 0 Å². The Kier molecular flexibility index (Phi) is 4.39. The molecule has 3 aromatic heterocycles. The average Bonchev–Trinajstić information content (AvgIpc) is 3.20. The van der Waals surface area contributed by atoms with Crippen LogP contribution in [-0.4, -0.2) is 41.0 Å². The van der Waals surface area contributed by atoms with Gasteiger partial charge >= 0.3 is 0 Å². The van der Waals surface area contributed by atoms with Gasteiger partial charge in [-0.05, 0) is 30.7 Å². The molecule has 4 rings (SSSR count). The van der Waals surface area contributed by atoms with Crippen molar-refractivity contribution in [2.24, 2.45) is 7.05 Å². The van der Waals surface area contributed by atoms with Gasteiger partial charge in [-0.3, -0.25) is 14.6 Å². The van der Waals surface area contributed by atoms with Gasteiger partial charge in [0, 0.05) is 30.6 Å². The molecule has 4 heterocycles. The summed E-state index contributed by atoms with van der Waals surface area (Å²) < 4.78 is 3.38. The quantitative estimate of drug-likeness (QED) is 0.711. The molecule has 0 aliphatic carbocycles. The molecule has 0 bridgehead atoms. The van der Waals surface area contributed by atoms with Gasteiger partial charge in [0.05, 0.1) is 6.04 Å². The molecule has 0 spiro atoms. The number of pyridine rings is 1. The van der Waals surface area contributed by atoms with Gasteiger partial charge in [-0.2, -0.15) is 16.9 Å². The number of halogens is 1. The summed E-state index contributed by atoms with van der Waals surface area (Å²) in [6.45, 7) is 0. The minimum Gasteiger partial charge on any atom is -0.292 e. The Morgan fingerprint density at radius 2 is 2.28 bits per heavy atom. The Hall–Kier alpha value is -2.06. The highest BCUT2D eigenvalue weighted by Crippen LogP contribution is 2.31. The summed E-state index contributed by atoms with van der Waals surface area (Å²) in [6.07, 6.45) is 3.84. The smallest absolute Gasteiger partial charge is 0.266 e. The Labute approximate surface area is 153 Å². The van der Waals surface area contributed by atoms with E-state index in [4.69, 9.17) is 21.7 Å². The topological polar surface area (TPSA) is 81.4 Å². The first-order chi connectivity index (χ1) is 12.1. The number of aromatic nitrogens is 6. The predicted octanol–water partition coefficient (Wildman–Crippen LogP) is 2.76. The Morgan fingerprint density at radius 3 is 2.96 bits per heavy atom. The van der Waals surface area contributed by atoms with Crippen molar-refractivity contribution in [3.05, 3.63) is 39.9 Å². The van der Waals surface area contributed by atoms with Crippen LogP contribution >= 0.6 is 23.4 Å². The molecule has 0 amide bonds. The van der Waals surface area contributed by atoms with Crippen LogP contribution < -0.4 is 5.56 Å². The first-order valence-corrected chi connectivity index (χ1v) is 9.58. The molecule has 130 valence electrons. The van der Waals surface area contributed by atoms with Crippen molar-refractivity contribution >= 4 is 23.4 Å². The van der Waals surface area contributed by atoms with Gasteiger partial charge in [-0.25, -0.2) is 14.6 Å². The summed E-state index contributed by atoms with van der Waals surface area (Å²) in [6, 6.07) is 5.39. The zero-order valence-electron chi connectivity index (χ0n) is 13.6. The van der Waals surface area contributed by atoms with E-state index in [1.807, 2.05) is 22.5 Å². The van der Waals surface area contributed by atoms with E-state index in [1.165, 1.54) is 10.4 Å². The van der Waals surface area contributed by atoms with Gasteiger partial charge in [0.1, 0.15) is 10.8 Å². The van der Waals surface area contributed by atoms with Crippen LogP contribution in [0.25, 0.3) is 22.9 Å². The minimum atomic E-state index is -0.101. The first kappa shape index (κ1) is 16.4. The van der Waals surface area contributed by atoms with Crippen molar-refractivity contribution < 1.29 is 0 Å². The third-order valence-corrected chi connectivity index (χ3v) is 5.63. The van der Waals surface area contributed by atoms with E-state index in [-0.39, 0.29) is 11.6 Å². The normalized spacial score (nSPS) is 17.8. The Bertz CT molecular complexity index is 956. The highest BCUT2D eigenvalue weighted by atomic mass is 35.5. The lowest BCUT2D eigenvalue weighted by Crippen LogP contribution is -2.18. The number of nitrogens with zero attached hydrogens (tertiary/aromatic N) is 5. The van der Waals surface area contributed by atoms with E-state index in [0.29, 0.717) is 22.5 Å². The largest absolute Gasteiger partial charge is 0.292 e. The van der Waals surface area contributed by atoms with Crippen LogP contribution in [0.1, 0.15) is 18.9 Å². The molecule has 1 atom stereocenters. The molecule has 1 fully saturated rings. The van der Waals surface area contributed by atoms with Gasteiger partial charge in [0.25, 0.3) is 5.56 Å². The molecule has 0 saturated carbocycles. The zero-order valence-corrected chi connectivity index (χ0v) is 15.2. The van der Waals surface area contributed by atoms with Crippen molar-refractivity contribution in [2.45, 2.75) is 18.9 Å². The SMILES string of the molecule is Cn1[nH]c(-c2nc(-c3ccnc(Cl)c3)nn2C2CCCSC2)cc1=O. The molecule has 1 aliphatic rings. The summed E-state index contributed by atoms with van der Waals surface area (Å²) >= 11 is 7.92. The van der Waals surface area contributed by atoms with Crippen molar-refractivity contribution in [3.63, 3.8) is 0 Å². The lowest BCUT2D eigenvalue weighted by Gasteiger charge is -2.22. The van der Waals surface area contributed by atoms with Crippen molar-refractivity contribution in [1.29, 1.82) is 0 Å². The second-order valence-electron chi connectivity index (χ2n) is 6.01. The number of aromatic amines is 1. The zero-order chi connectivity index (χ0) is 17.4. The highest BCUT2D eigenvalue weighted by molar-refractivity contribution is 7.99. The fourth-order valence-electron chi connectivity index (χ4n) is 2.94. The molecule has 1 saturated heterocycles. The molecule has 0 aromatic carbocycles. The van der Waals surface area contributed by atoms with Crippen LogP contribution in [0.4, 0.5) is 0 Å². The van der Waals surface area contributed by atoms with E-state index in [0.717, 1.165) is 24.2 Å². The lowest BCUT2D eigenvalue weighted by molar-refractivity contribution is 0.458. The first-order valence-electron chi connectivity index (χ1n) is 8.04. The van der Waals surface area contributed by atoms with Gasteiger partial charge in [-0.1, -0.05) is 11.6 Å². The van der Waals surface area contributed by atoms with Gasteiger partial charge < -0.3 is 0 Å². The summed E-state index contributed by atoms with van der Waals surface area (Å²) in [4.78, 5) is 20.6. The van der Waals surface area contributed by atoms with Crippen LogP contribution in [0.2, 0.25) is 5.15 Å². The molecular weight excluding hydrogens is 360 g/mol. The third-order valence-electron chi connectivity index (χ3n) is 4.23. The Balaban J connectivity index is 1.83. The number of hydrogen-bond acceptors (Lipinski definition) is 5. The van der Waals surface area contributed by atoms with Crippen molar-refractivity contribution in [3.8, 4) is 22.9 Å².